The van der Waals surface area contributed by atoms with Gasteiger partial charge in [-0.2, -0.15) is 0 Å². The van der Waals surface area contributed by atoms with Crippen molar-refractivity contribution in [3.8, 4) is 0 Å². The van der Waals surface area contributed by atoms with Gasteiger partial charge in [0.25, 0.3) is 0 Å². The van der Waals surface area contributed by atoms with Crippen LogP contribution in [0.1, 0.15) is 15.9 Å². The molecular weight excluding hydrogens is 177 g/mol. The zero-order valence-electron chi connectivity index (χ0n) is 6.66. The van der Waals surface area contributed by atoms with Crippen LogP contribution in [0.4, 0.5) is 4.39 Å². The smallest absolute Gasteiger partial charge is 0.335 e. The SMILES string of the molecule is NOCc1cc(C(=O)O)ccc1F. The molecular formula is C8H8FNO3. The number of benzene rings is 1. The van der Waals surface area contributed by atoms with Crippen molar-refractivity contribution in [1.82, 2.24) is 0 Å². The fourth-order valence-electron chi connectivity index (χ4n) is 0.908. The third kappa shape index (κ3) is 2.24. The molecule has 0 amide bonds. The average Bonchev–Trinajstić information content (AvgIpc) is 2.08. The number of rotatable bonds is 3. The third-order valence-electron chi connectivity index (χ3n) is 1.53. The lowest BCUT2D eigenvalue weighted by Gasteiger charge is -2.02. The van der Waals surface area contributed by atoms with E-state index >= 15 is 0 Å². The second kappa shape index (κ2) is 3.97. The van der Waals surface area contributed by atoms with E-state index in [0.29, 0.717) is 0 Å². The summed E-state index contributed by atoms with van der Waals surface area (Å²) in [4.78, 5) is 14.7. The fraction of sp³-hybridized carbons (Fsp3) is 0.125. The van der Waals surface area contributed by atoms with Crippen LogP contribution in [-0.2, 0) is 11.4 Å². The van der Waals surface area contributed by atoms with Gasteiger partial charge in [-0.25, -0.2) is 15.1 Å². The van der Waals surface area contributed by atoms with Crippen LogP contribution < -0.4 is 5.90 Å². The first-order valence-electron chi connectivity index (χ1n) is 3.48. The monoisotopic (exact) mass is 185 g/mol. The minimum atomic E-state index is -1.11. The van der Waals surface area contributed by atoms with Crippen LogP contribution in [0.5, 0.6) is 0 Å². The van der Waals surface area contributed by atoms with Gasteiger partial charge in [-0.1, -0.05) is 0 Å². The fourth-order valence-corrected chi connectivity index (χ4v) is 0.908. The summed E-state index contributed by atoms with van der Waals surface area (Å²) < 4.78 is 12.9. The molecule has 13 heavy (non-hydrogen) atoms. The molecule has 0 fully saturated rings. The highest BCUT2D eigenvalue weighted by Gasteiger charge is 2.07. The van der Waals surface area contributed by atoms with E-state index in [1.807, 2.05) is 0 Å². The van der Waals surface area contributed by atoms with Crippen molar-refractivity contribution in [2.75, 3.05) is 0 Å². The normalized spacial score (nSPS) is 10.0. The summed E-state index contributed by atoms with van der Waals surface area (Å²) in [6.45, 7) is -0.146. The molecule has 70 valence electrons. The van der Waals surface area contributed by atoms with Gasteiger partial charge >= 0.3 is 5.97 Å². The molecule has 0 aromatic heterocycles. The summed E-state index contributed by atoms with van der Waals surface area (Å²) in [5.41, 5.74) is 0.135. The predicted molar refractivity (Wildman–Crippen MR) is 42.3 cm³/mol. The minimum absolute atomic E-state index is 0.00782. The molecule has 3 N–H and O–H groups in total. The quantitative estimate of drug-likeness (QED) is 0.686. The first kappa shape index (κ1) is 9.63. The Morgan fingerprint density at radius 2 is 2.31 bits per heavy atom. The molecule has 0 saturated carbocycles. The number of carboxylic acid groups (broad SMARTS) is 1. The number of aromatic carboxylic acids is 1. The molecule has 0 aliphatic rings. The van der Waals surface area contributed by atoms with Crippen molar-refractivity contribution in [2.24, 2.45) is 5.90 Å². The number of halogens is 1. The van der Waals surface area contributed by atoms with E-state index in [2.05, 4.69) is 4.84 Å². The summed E-state index contributed by atoms with van der Waals surface area (Å²) in [5, 5.41) is 8.57. The van der Waals surface area contributed by atoms with Crippen LogP contribution in [0, 0.1) is 5.82 Å². The largest absolute Gasteiger partial charge is 0.478 e. The molecule has 0 unspecified atom stereocenters. The van der Waals surface area contributed by atoms with Gasteiger partial charge in [0.1, 0.15) is 5.82 Å². The summed E-state index contributed by atoms with van der Waals surface area (Å²) in [5.74, 6) is 3.10. The van der Waals surface area contributed by atoms with Crippen LogP contribution in [0.25, 0.3) is 0 Å². The maximum atomic E-state index is 12.9. The summed E-state index contributed by atoms with van der Waals surface area (Å²) >= 11 is 0. The van der Waals surface area contributed by atoms with E-state index in [0.717, 1.165) is 6.07 Å². The standard InChI is InChI=1S/C8H8FNO3/c9-7-2-1-5(8(11)12)3-6(7)4-13-10/h1-3H,4,10H2,(H,11,12). The molecule has 4 nitrogen and oxygen atoms in total. The summed E-state index contributed by atoms with van der Waals surface area (Å²) in [7, 11) is 0. The van der Waals surface area contributed by atoms with Gasteiger partial charge in [0.15, 0.2) is 0 Å². The zero-order valence-corrected chi connectivity index (χ0v) is 6.66. The number of hydrogen-bond acceptors (Lipinski definition) is 3. The van der Waals surface area contributed by atoms with Crippen LogP contribution in [0.15, 0.2) is 18.2 Å². The summed E-state index contributed by atoms with van der Waals surface area (Å²) in [6.07, 6.45) is 0. The van der Waals surface area contributed by atoms with Crippen molar-refractivity contribution >= 4 is 5.97 Å². The molecule has 0 saturated heterocycles. The van der Waals surface area contributed by atoms with Gasteiger partial charge in [0.05, 0.1) is 12.2 Å². The maximum absolute atomic E-state index is 12.9. The molecule has 0 aliphatic heterocycles. The van der Waals surface area contributed by atoms with Gasteiger partial charge < -0.3 is 5.11 Å². The van der Waals surface area contributed by atoms with Crippen molar-refractivity contribution in [2.45, 2.75) is 6.61 Å². The lowest BCUT2D eigenvalue weighted by molar-refractivity contribution is 0.0696. The van der Waals surface area contributed by atoms with Crippen LogP contribution >= 0.6 is 0 Å². The van der Waals surface area contributed by atoms with E-state index < -0.39 is 11.8 Å². The molecule has 0 heterocycles. The molecule has 1 aromatic carbocycles. The number of carboxylic acids is 1. The van der Waals surface area contributed by atoms with E-state index in [9.17, 15) is 9.18 Å². The van der Waals surface area contributed by atoms with E-state index in [4.69, 9.17) is 11.0 Å². The van der Waals surface area contributed by atoms with Gasteiger partial charge in [-0.05, 0) is 18.2 Å². The number of hydrogen-bond donors (Lipinski definition) is 2. The Hall–Kier alpha value is -1.46. The van der Waals surface area contributed by atoms with Gasteiger partial charge in [0.2, 0.25) is 0 Å². The first-order valence-corrected chi connectivity index (χ1v) is 3.48. The van der Waals surface area contributed by atoms with E-state index in [1.165, 1.54) is 12.1 Å². The Bertz CT molecular complexity index is 327. The van der Waals surface area contributed by atoms with Crippen LogP contribution in [0.2, 0.25) is 0 Å². The third-order valence-corrected chi connectivity index (χ3v) is 1.53. The second-order valence-corrected chi connectivity index (χ2v) is 2.42. The zero-order chi connectivity index (χ0) is 9.84. The minimum Gasteiger partial charge on any atom is -0.478 e. The van der Waals surface area contributed by atoms with Crippen molar-refractivity contribution in [1.29, 1.82) is 0 Å². The molecule has 5 heteroatoms. The van der Waals surface area contributed by atoms with Crippen molar-refractivity contribution < 1.29 is 19.1 Å². The van der Waals surface area contributed by atoms with Crippen LogP contribution in [-0.4, -0.2) is 11.1 Å². The lowest BCUT2D eigenvalue weighted by Crippen LogP contribution is -2.04. The van der Waals surface area contributed by atoms with Gasteiger partial charge in [-0.15, -0.1) is 0 Å². The average molecular weight is 185 g/mol. The molecule has 0 aliphatic carbocycles. The van der Waals surface area contributed by atoms with Gasteiger partial charge in [-0.3, -0.25) is 4.84 Å². The topological polar surface area (TPSA) is 72.5 Å². The number of nitrogens with two attached hydrogens (primary N) is 1. The molecule has 0 spiro atoms. The lowest BCUT2D eigenvalue weighted by atomic mass is 10.1. The van der Waals surface area contributed by atoms with Crippen molar-refractivity contribution in [3.63, 3.8) is 0 Å². The van der Waals surface area contributed by atoms with Crippen molar-refractivity contribution in [3.05, 3.63) is 35.1 Å². The molecule has 0 bridgehead atoms. The summed E-state index contributed by atoms with van der Waals surface area (Å²) in [6, 6.07) is 3.43. The highest BCUT2D eigenvalue weighted by atomic mass is 19.1. The Morgan fingerprint density at radius 3 is 2.85 bits per heavy atom. The van der Waals surface area contributed by atoms with E-state index in [1.54, 1.807) is 0 Å². The Balaban J connectivity index is 3.03. The van der Waals surface area contributed by atoms with Gasteiger partial charge in [0, 0.05) is 5.56 Å². The maximum Gasteiger partial charge on any atom is 0.335 e. The highest BCUT2D eigenvalue weighted by Crippen LogP contribution is 2.11. The predicted octanol–water partition coefficient (Wildman–Crippen LogP) is 0.914. The molecule has 0 radical (unpaired) electrons. The highest BCUT2D eigenvalue weighted by molar-refractivity contribution is 5.87. The number of carbonyl (C=O) groups is 1. The Kier molecular flexibility index (Phi) is 2.94. The molecule has 1 rings (SSSR count). The molecule has 1 aromatic rings. The second-order valence-electron chi connectivity index (χ2n) is 2.42. The van der Waals surface area contributed by atoms with Crippen LogP contribution in [0.3, 0.4) is 0 Å². The molecule has 0 atom stereocenters. The first-order chi connectivity index (χ1) is 6.15. The Morgan fingerprint density at radius 1 is 1.62 bits per heavy atom. The van der Waals surface area contributed by atoms with E-state index in [-0.39, 0.29) is 17.7 Å². The Labute approximate surface area is 73.7 Å².